The molecule has 0 saturated carbocycles. The van der Waals surface area contributed by atoms with Gasteiger partial charge in [-0.3, -0.25) is 4.98 Å². The second-order valence-corrected chi connectivity index (χ2v) is 6.64. The maximum Gasteiger partial charge on any atom is 0.131 e. The molecule has 25 heavy (non-hydrogen) atoms. The van der Waals surface area contributed by atoms with E-state index < -0.39 is 0 Å². The van der Waals surface area contributed by atoms with Crippen LogP contribution >= 0.6 is 0 Å². The molecule has 0 saturated heterocycles. The molecule has 3 rings (SSSR count). The van der Waals surface area contributed by atoms with Crippen LogP contribution in [0.2, 0.25) is 0 Å². The first-order chi connectivity index (χ1) is 12.2. The van der Waals surface area contributed by atoms with Crippen LogP contribution in [0.4, 0.5) is 0 Å². The number of hydrogen-bond acceptors (Lipinski definition) is 4. The Kier molecular flexibility index (Phi) is 6.05. The molecule has 2 heterocycles. The van der Waals surface area contributed by atoms with E-state index in [9.17, 15) is 0 Å². The van der Waals surface area contributed by atoms with E-state index in [1.165, 1.54) is 16.7 Å². The van der Waals surface area contributed by atoms with Crippen LogP contribution in [0.25, 0.3) is 0 Å². The van der Waals surface area contributed by atoms with E-state index in [4.69, 9.17) is 4.74 Å². The highest BCUT2D eigenvalue weighted by atomic mass is 16.5. The van der Waals surface area contributed by atoms with Gasteiger partial charge in [-0.1, -0.05) is 37.6 Å². The van der Waals surface area contributed by atoms with E-state index in [0.29, 0.717) is 6.61 Å². The standard InChI is InChI=1S/C21H29N3O/c1-4-24(5-2)13-7-12-23-21-17-8-6-11-22-19(17)15-25-20-10-9-16(3)14-18(20)21/h6,8-11,14,21,23H,4-5,7,12-13,15H2,1-3H3. The maximum atomic E-state index is 6.03. The van der Waals surface area contributed by atoms with Gasteiger partial charge in [-0.15, -0.1) is 0 Å². The summed E-state index contributed by atoms with van der Waals surface area (Å²) >= 11 is 0. The Morgan fingerprint density at radius 1 is 1.20 bits per heavy atom. The molecule has 1 aromatic heterocycles. The van der Waals surface area contributed by atoms with Gasteiger partial charge in [0.05, 0.1) is 11.7 Å². The minimum atomic E-state index is 0.137. The van der Waals surface area contributed by atoms with Crippen LogP contribution in [0, 0.1) is 6.92 Å². The van der Waals surface area contributed by atoms with Crippen LogP contribution in [0.3, 0.4) is 0 Å². The number of pyridine rings is 1. The lowest BCUT2D eigenvalue weighted by molar-refractivity contribution is 0.296. The van der Waals surface area contributed by atoms with Crippen molar-refractivity contribution in [3.8, 4) is 5.75 Å². The number of fused-ring (bicyclic) bond motifs is 2. The molecule has 0 fully saturated rings. The zero-order chi connectivity index (χ0) is 17.6. The number of aryl methyl sites for hydroxylation is 1. The lowest BCUT2D eigenvalue weighted by Gasteiger charge is -2.22. The van der Waals surface area contributed by atoms with Gasteiger partial charge < -0.3 is 15.0 Å². The topological polar surface area (TPSA) is 37.4 Å². The number of benzene rings is 1. The highest BCUT2D eigenvalue weighted by Gasteiger charge is 2.25. The minimum absolute atomic E-state index is 0.137. The molecule has 4 nitrogen and oxygen atoms in total. The van der Waals surface area contributed by atoms with Gasteiger partial charge in [0.1, 0.15) is 12.4 Å². The SMILES string of the molecule is CCN(CC)CCCNC1c2cc(C)ccc2OCc2ncccc21. The second-order valence-electron chi connectivity index (χ2n) is 6.64. The normalized spacial score (nSPS) is 16.1. The zero-order valence-corrected chi connectivity index (χ0v) is 15.6. The highest BCUT2D eigenvalue weighted by molar-refractivity contribution is 5.46. The van der Waals surface area contributed by atoms with Crippen molar-refractivity contribution in [2.45, 2.75) is 39.8 Å². The third-order valence-electron chi connectivity index (χ3n) is 4.97. The monoisotopic (exact) mass is 339 g/mol. The molecule has 1 aliphatic rings. The van der Waals surface area contributed by atoms with Crippen molar-refractivity contribution in [3.05, 3.63) is 58.9 Å². The molecule has 1 aromatic carbocycles. The summed E-state index contributed by atoms with van der Waals surface area (Å²) < 4.78 is 6.03. The fourth-order valence-electron chi connectivity index (χ4n) is 3.48. The van der Waals surface area contributed by atoms with Crippen LogP contribution in [-0.2, 0) is 6.61 Å². The van der Waals surface area contributed by atoms with E-state index in [-0.39, 0.29) is 6.04 Å². The first kappa shape index (κ1) is 17.9. The van der Waals surface area contributed by atoms with Gasteiger partial charge in [0.15, 0.2) is 0 Å². The van der Waals surface area contributed by atoms with Crippen LogP contribution < -0.4 is 10.1 Å². The molecule has 1 unspecified atom stereocenters. The van der Waals surface area contributed by atoms with Crippen molar-refractivity contribution in [2.24, 2.45) is 0 Å². The summed E-state index contributed by atoms with van der Waals surface area (Å²) in [5, 5.41) is 3.76. The summed E-state index contributed by atoms with van der Waals surface area (Å²) in [5.41, 5.74) is 4.73. The minimum Gasteiger partial charge on any atom is -0.487 e. The fourth-order valence-corrected chi connectivity index (χ4v) is 3.48. The summed E-state index contributed by atoms with van der Waals surface area (Å²) in [7, 11) is 0. The molecule has 0 aliphatic carbocycles. The van der Waals surface area contributed by atoms with Crippen LogP contribution in [0.5, 0.6) is 5.75 Å². The Bertz CT molecular complexity index is 697. The number of hydrogen-bond donors (Lipinski definition) is 1. The molecule has 0 bridgehead atoms. The lowest BCUT2D eigenvalue weighted by Crippen LogP contribution is -2.29. The van der Waals surface area contributed by atoms with E-state index in [2.05, 4.69) is 60.2 Å². The van der Waals surface area contributed by atoms with Crippen molar-refractivity contribution >= 4 is 0 Å². The quantitative estimate of drug-likeness (QED) is 0.781. The molecule has 1 aliphatic heterocycles. The molecule has 2 aromatic rings. The van der Waals surface area contributed by atoms with Crippen molar-refractivity contribution in [1.29, 1.82) is 0 Å². The average Bonchev–Trinajstić information content (AvgIpc) is 2.79. The largest absolute Gasteiger partial charge is 0.487 e. The first-order valence-electron chi connectivity index (χ1n) is 9.35. The Morgan fingerprint density at radius 2 is 2.04 bits per heavy atom. The molecule has 134 valence electrons. The summed E-state index contributed by atoms with van der Waals surface area (Å²) in [5.74, 6) is 0.963. The smallest absolute Gasteiger partial charge is 0.131 e. The fraction of sp³-hybridized carbons (Fsp3) is 0.476. The van der Waals surface area contributed by atoms with E-state index in [1.54, 1.807) is 0 Å². The van der Waals surface area contributed by atoms with Gasteiger partial charge in [0.25, 0.3) is 0 Å². The lowest BCUT2D eigenvalue weighted by atomic mass is 9.96. The third-order valence-corrected chi connectivity index (χ3v) is 4.97. The summed E-state index contributed by atoms with van der Waals surface area (Å²) in [6, 6.07) is 10.8. The van der Waals surface area contributed by atoms with Crippen molar-refractivity contribution in [1.82, 2.24) is 15.2 Å². The summed E-state index contributed by atoms with van der Waals surface area (Å²) in [6.07, 6.45) is 2.98. The highest BCUT2D eigenvalue weighted by Crippen LogP contribution is 2.35. The van der Waals surface area contributed by atoms with E-state index >= 15 is 0 Å². The van der Waals surface area contributed by atoms with Gasteiger partial charge in [0.2, 0.25) is 0 Å². The zero-order valence-electron chi connectivity index (χ0n) is 15.6. The molecule has 0 spiro atoms. The maximum absolute atomic E-state index is 6.03. The van der Waals surface area contributed by atoms with Crippen LogP contribution in [-0.4, -0.2) is 36.1 Å². The molecule has 0 radical (unpaired) electrons. The van der Waals surface area contributed by atoms with Gasteiger partial charge in [-0.2, -0.15) is 0 Å². The molecule has 0 amide bonds. The van der Waals surface area contributed by atoms with Crippen LogP contribution in [0.15, 0.2) is 36.5 Å². The predicted octanol–water partition coefficient (Wildman–Crippen LogP) is 3.69. The Hall–Kier alpha value is -1.91. The average molecular weight is 339 g/mol. The summed E-state index contributed by atoms with van der Waals surface area (Å²) in [4.78, 5) is 7.01. The van der Waals surface area contributed by atoms with E-state index in [1.807, 2.05) is 12.3 Å². The van der Waals surface area contributed by atoms with Gasteiger partial charge in [-0.25, -0.2) is 0 Å². The van der Waals surface area contributed by atoms with Gasteiger partial charge in [-0.05, 0) is 57.2 Å². The van der Waals surface area contributed by atoms with Crippen molar-refractivity contribution < 1.29 is 4.74 Å². The van der Waals surface area contributed by atoms with E-state index in [0.717, 1.165) is 44.0 Å². The molecular weight excluding hydrogens is 310 g/mol. The second kappa shape index (κ2) is 8.45. The molecular formula is C21H29N3O. The Labute approximate surface area is 151 Å². The Balaban J connectivity index is 1.80. The first-order valence-corrected chi connectivity index (χ1v) is 9.35. The number of nitrogens with one attached hydrogen (secondary N) is 1. The third kappa shape index (κ3) is 4.20. The molecule has 1 atom stereocenters. The van der Waals surface area contributed by atoms with Gasteiger partial charge in [0, 0.05) is 11.8 Å². The number of aromatic nitrogens is 1. The number of rotatable bonds is 7. The molecule has 1 N–H and O–H groups in total. The Morgan fingerprint density at radius 3 is 2.84 bits per heavy atom. The predicted molar refractivity (Wildman–Crippen MR) is 102 cm³/mol. The molecule has 4 heteroatoms. The van der Waals surface area contributed by atoms with Gasteiger partial charge >= 0.3 is 0 Å². The summed E-state index contributed by atoms with van der Waals surface area (Å²) in [6.45, 7) is 11.4. The van der Waals surface area contributed by atoms with Crippen LogP contribution in [0.1, 0.15) is 48.7 Å². The van der Waals surface area contributed by atoms with Crippen molar-refractivity contribution in [3.63, 3.8) is 0 Å². The number of nitrogens with zero attached hydrogens (tertiary/aromatic N) is 2. The van der Waals surface area contributed by atoms with Crippen molar-refractivity contribution in [2.75, 3.05) is 26.2 Å². The number of ether oxygens (including phenoxy) is 1.